The number of carbonyl (C=O) groups excluding carboxylic acids is 1. The van der Waals surface area contributed by atoms with Gasteiger partial charge in [0.05, 0.1) is 12.0 Å². The summed E-state index contributed by atoms with van der Waals surface area (Å²) in [6.07, 6.45) is 0.230. The molecule has 1 heterocycles. The van der Waals surface area contributed by atoms with Crippen molar-refractivity contribution >= 4 is 27.0 Å². The summed E-state index contributed by atoms with van der Waals surface area (Å²) in [5, 5.41) is 0.647. The Kier molecular flexibility index (Phi) is 7.99. The number of hydrogen-bond acceptors (Lipinski definition) is 7. The van der Waals surface area contributed by atoms with Gasteiger partial charge in [0.2, 0.25) is 10.0 Å². The topological polar surface area (TPSA) is 112 Å². The summed E-state index contributed by atoms with van der Waals surface area (Å²) >= 11 is 0. The summed E-state index contributed by atoms with van der Waals surface area (Å²) in [7, 11) is -2.39. The lowest BCUT2D eigenvalue weighted by atomic mass is 10.0. The number of esters is 1. The molecule has 198 valence electrons. The third-order valence-corrected chi connectivity index (χ3v) is 7.44. The molecule has 4 rings (SSSR count). The number of benzene rings is 3. The second-order valence-electron chi connectivity index (χ2n) is 9.40. The molecular weight excluding hydrogens is 506 g/mol. The number of sulfonamides is 1. The van der Waals surface area contributed by atoms with Gasteiger partial charge in [-0.1, -0.05) is 43.7 Å². The van der Waals surface area contributed by atoms with Gasteiger partial charge < -0.3 is 13.9 Å². The first kappa shape index (κ1) is 27.1. The lowest BCUT2D eigenvalue weighted by Crippen LogP contribution is -2.43. The monoisotopic (exact) mass is 535 g/mol. The van der Waals surface area contributed by atoms with E-state index in [0.29, 0.717) is 16.7 Å². The molecule has 1 aromatic heterocycles. The normalized spacial score (nSPS) is 12.4. The number of fused-ring (bicyclic) bond motifs is 1. The van der Waals surface area contributed by atoms with Gasteiger partial charge in [-0.15, -0.1) is 0 Å². The summed E-state index contributed by atoms with van der Waals surface area (Å²) in [5.74, 6) is 0.0577. The fraction of sp³-hybridized carbons (Fsp3) is 0.241. The molecule has 9 heteroatoms. The van der Waals surface area contributed by atoms with E-state index in [-0.39, 0.29) is 28.6 Å². The Morgan fingerprint density at radius 2 is 1.61 bits per heavy atom. The maximum atomic E-state index is 13.1. The molecule has 3 aromatic carbocycles. The van der Waals surface area contributed by atoms with Gasteiger partial charge in [-0.25, -0.2) is 18.0 Å². The molecule has 0 aliphatic carbocycles. The summed E-state index contributed by atoms with van der Waals surface area (Å²) in [4.78, 5) is 25.5. The van der Waals surface area contributed by atoms with E-state index >= 15 is 0 Å². The number of hydrogen-bond donors (Lipinski definition) is 1. The van der Waals surface area contributed by atoms with Crippen LogP contribution in [0.2, 0.25) is 0 Å². The minimum absolute atomic E-state index is 0.00921. The SMILES string of the molecule is COc1ccc(-c2cc(=O)oc3cc(OC(=O)[C@@H](CC(C)C)NS(=O)(=O)c4ccc(C)cc4)ccc23)cc1. The van der Waals surface area contributed by atoms with Crippen LogP contribution in [0.25, 0.3) is 22.1 Å². The van der Waals surface area contributed by atoms with Crippen molar-refractivity contribution in [3.63, 3.8) is 0 Å². The Hall–Kier alpha value is -3.95. The number of rotatable bonds is 9. The Morgan fingerprint density at radius 3 is 2.24 bits per heavy atom. The van der Waals surface area contributed by atoms with E-state index in [1.54, 1.807) is 43.5 Å². The molecule has 0 bridgehead atoms. The lowest BCUT2D eigenvalue weighted by Gasteiger charge is -2.19. The smallest absolute Gasteiger partial charge is 0.336 e. The van der Waals surface area contributed by atoms with Crippen molar-refractivity contribution in [1.82, 2.24) is 4.72 Å². The molecule has 4 aromatic rings. The number of nitrogens with one attached hydrogen (secondary N) is 1. The van der Waals surface area contributed by atoms with Crippen LogP contribution in [0.3, 0.4) is 0 Å². The van der Waals surface area contributed by atoms with Gasteiger partial charge in [0.25, 0.3) is 0 Å². The molecule has 8 nitrogen and oxygen atoms in total. The first-order valence-corrected chi connectivity index (χ1v) is 13.6. The molecule has 1 N–H and O–H groups in total. The lowest BCUT2D eigenvalue weighted by molar-refractivity contribution is -0.136. The van der Waals surface area contributed by atoms with Gasteiger partial charge in [0, 0.05) is 17.5 Å². The van der Waals surface area contributed by atoms with Gasteiger partial charge in [-0.05, 0) is 66.8 Å². The molecular formula is C29H29NO7S. The zero-order chi connectivity index (χ0) is 27.4. The van der Waals surface area contributed by atoms with Crippen molar-refractivity contribution in [3.05, 3.63) is 88.8 Å². The number of methoxy groups -OCH3 is 1. The van der Waals surface area contributed by atoms with Crippen molar-refractivity contribution in [2.45, 2.75) is 38.1 Å². The van der Waals surface area contributed by atoms with Crippen molar-refractivity contribution in [1.29, 1.82) is 0 Å². The van der Waals surface area contributed by atoms with Crippen LogP contribution < -0.4 is 19.8 Å². The highest BCUT2D eigenvalue weighted by atomic mass is 32.2. The number of aryl methyl sites for hydroxylation is 1. The van der Waals surface area contributed by atoms with Gasteiger partial charge in [0.1, 0.15) is 23.1 Å². The fourth-order valence-electron chi connectivity index (χ4n) is 4.04. The first-order chi connectivity index (χ1) is 18.1. The van der Waals surface area contributed by atoms with Crippen LogP contribution >= 0.6 is 0 Å². The van der Waals surface area contributed by atoms with Crippen LogP contribution in [0, 0.1) is 12.8 Å². The maximum Gasteiger partial charge on any atom is 0.336 e. The summed E-state index contributed by atoms with van der Waals surface area (Å²) in [6, 6.07) is 18.6. The highest BCUT2D eigenvalue weighted by molar-refractivity contribution is 7.89. The van der Waals surface area contributed by atoms with Crippen molar-refractivity contribution in [2.24, 2.45) is 5.92 Å². The fourth-order valence-corrected chi connectivity index (χ4v) is 5.24. The molecule has 0 radical (unpaired) electrons. The predicted octanol–water partition coefficient (Wildman–Crippen LogP) is 5.08. The second-order valence-corrected chi connectivity index (χ2v) is 11.1. The van der Waals surface area contributed by atoms with Crippen LogP contribution in [0.15, 0.2) is 86.9 Å². The van der Waals surface area contributed by atoms with Crippen molar-refractivity contribution < 1.29 is 27.1 Å². The zero-order valence-corrected chi connectivity index (χ0v) is 22.4. The molecule has 0 saturated carbocycles. The highest BCUT2D eigenvalue weighted by Crippen LogP contribution is 2.31. The number of carbonyl (C=O) groups is 1. The van der Waals surface area contributed by atoms with Crippen LogP contribution in [-0.4, -0.2) is 27.5 Å². The second kappa shape index (κ2) is 11.2. The average Bonchev–Trinajstić information content (AvgIpc) is 2.87. The standard InChI is InChI=1S/C29H29NO7S/c1-18(2)15-26(30-38(33,34)23-12-5-19(3)6-13-23)29(32)36-22-11-14-24-25(17-28(31)37-27(24)16-22)20-7-9-21(35-4)10-8-20/h5-14,16-18,26,30H,15H2,1-4H3/t26-/m1/s1. The molecule has 1 atom stereocenters. The molecule has 0 amide bonds. The van der Waals surface area contributed by atoms with E-state index in [1.165, 1.54) is 24.3 Å². The Bertz CT molecular complexity index is 1610. The van der Waals surface area contributed by atoms with Gasteiger partial charge >= 0.3 is 11.6 Å². The van der Waals surface area contributed by atoms with Gasteiger partial charge in [-0.2, -0.15) is 4.72 Å². The maximum absolute atomic E-state index is 13.1. The Morgan fingerprint density at radius 1 is 0.947 bits per heavy atom. The largest absolute Gasteiger partial charge is 0.497 e. The van der Waals surface area contributed by atoms with Gasteiger partial charge in [-0.3, -0.25) is 0 Å². The Labute approximate surface area is 221 Å². The molecule has 0 spiro atoms. The minimum Gasteiger partial charge on any atom is -0.497 e. The molecule has 0 unspecified atom stereocenters. The zero-order valence-electron chi connectivity index (χ0n) is 21.6. The van der Waals surface area contributed by atoms with E-state index in [4.69, 9.17) is 13.9 Å². The van der Waals surface area contributed by atoms with E-state index in [0.717, 1.165) is 11.1 Å². The predicted molar refractivity (Wildman–Crippen MR) is 145 cm³/mol. The summed E-state index contributed by atoms with van der Waals surface area (Å²) < 4.78 is 44.5. The summed E-state index contributed by atoms with van der Waals surface area (Å²) in [6.45, 7) is 5.62. The first-order valence-electron chi connectivity index (χ1n) is 12.1. The minimum atomic E-state index is -3.96. The third kappa shape index (κ3) is 6.30. The van der Waals surface area contributed by atoms with Gasteiger partial charge in [0.15, 0.2) is 0 Å². The molecule has 0 aliphatic rings. The van der Waals surface area contributed by atoms with Crippen LogP contribution in [0.4, 0.5) is 0 Å². The van der Waals surface area contributed by atoms with Crippen LogP contribution in [-0.2, 0) is 14.8 Å². The molecule has 0 fully saturated rings. The quantitative estimate of drug-likeness (QED) is 0.181. The highest BCUT2D eigenvalue weighted by Gasteiger charge is 2.28. The molecule has 0 aliphatic heterocycles. The van der Waals surface area contributed by atoms with Crippen molar-refractivity contribution in [3.8, 4) is 22.6 Å². The van der Waals surface area contributed by atoms with E-state index in [9.17, 15) is 18.0 Å². The molecule has 38 heavy (non-hydrogen) atoms. The van der Waals surface area contributed by atoms with Crippen molar-refractivity contribution in [2.75, 3.05) is 7.11 Å². The van der Waals surface area contributed by atoms with E-state index in [1.807, 2.05) is 32.9 Å². The number of ether oxygens (including phenoxy) is 2. The third-order valence-electron chi connectivity index (χ3n) is 5.96. The Balaban J connectivity index is 1.61. The molecule has 0 saturated heterocycles. The summed E-state index contributed by atoms with van der Waals surface area (Å²) in [5.41, 5.74) is 2.03. The van der Waals surface area contributed by atoms with E-state index in [2.05, 4.69) is 4.72 Å². The van der Waals surface area contributed by atoms with Crippen LogP contribution in [0.1, 0.15) is 25.8 Å². The van der Waals surface area contributed by atoms with E-state index < -0.39 is 27.7 Å². The van der Waals surface area contributed by atoms with Crippen LogP contribution in [0.5, 0.6) is 11.5 Å². The average molecular weight is 536 g/mol.